The Morgan fingerprint density at radius 1 is 0.741 bits per heavy atom. The maximum atomic E-state index is 4.85. The van der Waals surface area contributed by atoms with Gasteiger partial charge in [0.2, 0.25) is 0 Å². The Kier molecular flexibility index (Phi) is 4.80. The van der Waals surface area contributed by atoms with Crippen LogP contribution in [-0.2, 0) is 0 Å². The van der Waals surface area contributed by atoms with Crippen molar-refractivity contribution in [3.05, 3.63) is 76.9 Å². The first-order valence-corrected chi connectivity index (χ1v) is 11.2. The first-order chi connectivity index (χ1) is 13.0. The van der Waals surface area contributed by atoms with Crippen molar-refractivity contribution in [1.29, 1.82) is 0 Å². The number of benzene rings is 3. The van der Waals surface area contributed by atoms with Gasteiger partial charge in [0, 0.05) is 0 Å². The topological polar surface area (TPSA) is 38.7 Å². The van der Waals surface area contributed by atoms with Crippen LogP contribution < -0.4 is 8.96 Å². The Hall–Kier alpha value is -2.51. The van der Waals surface area contributed by atoms with Crippen LogP contribution in [0.1, 0.15) is 22.3 Å². The van der Waals surface area contributed by atoms with Gasteiger partial charge in [-0.3, -0.25) is 0 Å². The second-order valence-corrected chi connectivity index (χ2v) is 9.73. The molecule has 1 heterocycles. The molecule has 3 nitrogen and oxygen atoms in total. The van der Waals surface area contributed by atoms with Gasteiger partial charge in [-0.25, -0.2) is 0 Å². The zero-order chi connectivity index (χ0) is 19.0. The van der Waals surface area contributed by atoms with Crippen LogP contribution in [0, 0.1) is 27.7 Å². The Bertz CT molecular complexity index is 1110. The fourth-order valence-electron chi connectivity index (χ4n) is 3.45. The van der Waals surface area contributed by atoms with Gasteiger partial charge < -0.3 is 0 Å². The summed E-state index contributed by atoms with van der Waals surface area (Å²) in [5, 5.41) is 8.96. The zero-order valence-corrected chi connectivity index (χ0v) is 18.1. The van der Waals surface area contributed by atoms with E-state index in [1.54, 1.807) is 0 Å². The van der Waals surface area contributed by atoms with Crippen LogP contribution in [0.15, 0.2) is 54.6 Å². The molecule has 0 saturated heterocycles. The molecule has 0 amide bonds. The van der Waals surface area contributed by atoms with Crippen LogP contribution in [0.5, 0.6) is 0 Å². The molecule has 0 aliphatic carbocycles. The molecule has 1 aromatic heterocycles. The number of aryl methyl sites for hydroxylation is 4. The van der Waals surface area contributed by atoms with Gasteiger partial charge in [0.1, 0.15) is 0 Å². The predicted octanol–water partition coefficient (Wildman–Crippen LogP) is 3.31. The second-order valence-electron chi connectivity index (χ2n) is 7.05. The molecule has 0 aliphatic heterocycles. The molecule has 0 fully saturated rings. The quantitative estimate of drug-likeness (QED) is 0.482. The average molecular weight is 415 g/mol. The van der Waals surface area contributed by atoms with E-state index in [4.69, 9.17) is 4.98 Å². The van der Waals surface area contributed by atoms with Gasteiger partial charge in [-0.15, -0.1) is 0 Å². The first-order valence-electron chi connectivity index (χ1n) is 9.06. The van der Waals surface area contributed by atoms with Crippen molar-refractivity contribution in [2.75, 3.05) is 0 Å². The van der Waals surface area contributed by atoms with Gasteiger partial charge in [-0.2, -0.15) is 0 Å². The van der Waals surface area contributed by atoms with Crippen LogP contribution in [0.25, 0.3) is 22.2 Å². The molecular formula is C23H22AsN3. The molecule has 0 N–H and O–H groups in total. The summed E-state index contributed by atoms with van der Waals surface area (Å²) in [5.41, 5.74) is 9.28. The summed E-state index contributed by atoms with van der Waals surface area (Å²) < 4.78 is 2.21. The third-order valence-electron chi connectivity index (χ3n) is 4.83. The first kappa shape index (κ1) is 17.9. The third-order valence-corrected chi connectivity index (χ3v) is 7.05. The SMILES string of the molecule is Cc1ccc([AsH]c2nnc3cc(-c4c(C)cccc4C)cc(C)c3n2)cc1. The Balaban J connectivity index is 1.75. The van der Waals surface area contributed by atoms with Gasteiger partial charge >= 0.3 is 167 Å². The molecular weight excluding hydrogens is 393 g/mol. The molecule has 0 bridgehead atoms. The monoisotopic (exact) mass is 415 g/mol. The molecule has 0 spiro atoms. The van der Waals surface area contributed by atoms with Crippen molar-refractivity contribution in [3.63, 3.8) is 0 Å². The third kappa shape index (κ3) is 3.65. The van der Waals surface area contributed by atoms with Crippen LogP contribution in [0.3, 0.4) is 0 Å². The van der Waals surface area contributed by atoms with Gasteiger partial charge in [-0.1, -0.05) is 0 Å². The van der Waals surface area contributed by atoms with E-state index in [1.807, 2.05) is 0 Å². The number of rotatable bonds is 3. The normalized spacial score (nSPS) is 11.6. The summed E-state index contributed by atoms with van der Waals surface area (Å²) >= 11 is -0.572. The van der Waals surface area contributed by atoms with E-state index in [0.717, 1.165) is 21.2 Å². The van der Waals surface area contributed by atoms with Crippen molar-refractivity contribution in [3.8, 4) is 11.1 Å². The number of aromatic nitrogens is 3. The van der Waals surface area contributed by atoms with Crippen molar-refractivity contribution in [1.82, 2.24) is 15.2 Å². The van der Waals surface area contributed by atoms with E-state index in [1.165, 1.54) is 32.2 Å². The summed E-state index contributed by atoms with van der Waals surface area (Å²) in [6, 6.07) is 19.4. The Morgan fingerprint density at radius 3 is 2.15 bits per heavy atom. The standard InChI is InChI=1S/C23H22AsN3/c1-14-8-10-19(11-9-14)24-23-25-22-17(4)12-18(13-20(22)26-27-23)21-15(2)6-5-7-16(21)3/h5-13,24H,1-4H3. The van der Waals surface area contributed by atoms with Crippen LogP contribution in [0.4, 0.5) is 0 Å². The summed E-state index contributed by atoms with van der Waals surface area (Å²) in [4.78, 5) is 4.85. The van der Waals surface area contributed by atoms with Crippen molar-refractivity contribution < 1.29 is 0 Å². The Labute approximate surface area is 166 Å². The van der Waals surface area contributed by atoms with Crippen LogP contribution >= 0.6 is 0 Å². The van der Waals surface area contributed by atoms with E-state index in [0.29, 0.717) is 0 Å². The summed E-state index contributed by atoms with van der Waals surface area (Å²) in [7, 11) is 0. The van der Waals surface area contributed by atoms with Gasteiger partial charge in [0.05, 0.1) is 0 Å². The molecule has 4 heteroatoms. The summed E-state index contributed by atoms with van der Waals surface area (Å²) in [5.74, 6) is 0. The number of hydrogen-bond donors (Lipinski definition) is 0. The minimum absolute atomic E-state index is 0.572. The van der Waals surface area contributed by atoms with E-state index in [9.17, 15) is 0 Å². The second kappa shape index (κ2) is 7.25. The van der Waals surface area contributed by atoms with E-state index < -0.39 is 15.8 Å². The number of nitrogens with zero attached hydrogens (tertiary/aromatic N) is 3. The van der Waals surface area contributed by atoms with Crippen molar-refractivity contribution in [2.45, 2.75) is 27.7 Å². The molecule has 1 unspecified atom stereocenters. The maximum absolute atomic E-state index is 4.85. The molecule has 0 radical (unpaired) electrons. The van der Waals surface area contributed by atoms with E-state index >= 15 is 0 Å². The van der Waals surface area contributed by atoms with Gasteiger partial charge in [0.25, 0.3) is 0 Å². The molecule has 0 aliphatic rings. The predicted molar refractivity (Wildman–Crippen MR) is 115 cm³/mol. The van der Waals surface area contributed by atoms with E-state index in [2.05, 4.69) is 92.5 Å². The fourth-order valence-corrected chi connectivity index (χ4v) is 5.25. The summed E-state index contributed by atoms with van der Waals surface area (Å²) in [6.07, 6.45) is 0. The molecule has 0 saturated carbocycles. The van der Waals surface area contributed by atoms with Crippen molar-refractivity contribution in [2.24, 2.45) is 0 Å². The van der Waals surface area contributed by atoms with Gasteiger partial charge in [0.15, 0.2) is 0 Å². The number of fused-ring (bicyclic) bond motifs is 1. The zero-order valence-electron chi connectivity index (χ0n) is 16.0. The van der Waals surface area contributed by atoms with Gasteiger partial charge in [-0.05, 0) is 0 Å². The summed E-state index contributed by atoms with van der Waals surface area (Å²) in [6.45, 7) is 8.53. The van der Waals surface area contributed by atoms with Crippen LogP contribution in [-0.4, -0.2) is 30.9 Å². The molecule has 27 heavy (non-hydrogen) atoms. The van der Waals surface area contributed by atoms with Crippen molar-refractivity contribution >= 4 is 35.7 Å². The molecule has 1 atom stereocenters. The fraction of sp³-hybridized carbons (Fsp3) is 0.174. The van der Waals surface area contributed by atoms with Crippen LogP contribution in [0.2, 0.25) is 0 Å². The minimum atomic E-state index is -0.572. The molecule has 3 aromatic carbocycles. The van der Waals surface area contributed by atoms with E-state index in [-0.39, 0.29) is 0 Å². The number of hydrogen-bond acceptors (Lipinski definition) is 3. The Morgan fingerprint density at radius 2 is 1.44 bits per heavy atom. The average Bonchev–Trinajstić information content (AvgIpc) is 2.64. The molecule has 4 rings (SSSR count). The molecule has 4 aromatic rings. The molecule has 134 valence electrons.